The Labute approximate surface area is 103 Å². The number of rotatable bonds is 3. The zero-order chi connectivity index (χ0) is 12.9. The van der Waals surface area contributed by atoms with Gasteiger partial charge in [-0.15, -0.1) is 0 Å². The fourth-order valence-electron chi connectivity index (χ4n) is 1.50. The molecule has 4 heteroatoms. The average molecular weight is 235 g/mol. The molecule has 0 aromatic heterocycles. The van der Waals surface area contributed by atoms with Crippen LogP contribution in [0.5, 0.6) is 0 Å². The molecule has 0 saturated heterocycles. The molecule has 0 aliphatic heterocycles. The van der Waals surface area contributed by atoms with Gasteiger partial charge in [-0.3, -0.25) is 4.99 Å². The zero-order valence-electron chi connectivity index (χ0n) is 10.9. The van der Waals surface area contributed by atoms with E-state index in [0.29, 0.717) is 6.54 Å². The van der Waals surface area contributed by atoms with Crippen LogP contribution >= 0.6 is 0 Å². The van der Waals surface area contributed by atoms with E-state index in [0.717, 1.165) is 17.1 Å². The van der Waals surface area contributed by atoms with Crippen LogP contribution in [0, 0.1) is 0 Å². The molecule has 0 spiro atoms. The minimum Gasteiger partial charge on any atom is -0.386 e. The van der Waals surface area contributed by atoms with Gasteiger partial charge in [-0.05, 0) is 25.0 Å². The Balaban J connectivity index is 2.63. The zero-order valence-corrected chi connectivity index (χ0v) is 10.9. The van der Waals surface area contributed by atoms with E-state index in [1.807, 2.05) is 31.3 Å². The highest BCUT2D eigenvalue weighted by molar-refractivity contribution is 5.79. The Morgan fingerprint density at radius 1 is 1.29 bits per heavy atom. The molecule has 0 fully saturated rings. The monoisotopic (exact) mass is 235 g/mol. The molecule has 0 amide bonds. The molecule has 0 atom stereocenters. The van der Waals surface area contributed by atoms with Gasteiger partial charge in [0.2, 0.25) is 0 Å². The minimum absolute atomic E-state index is 0.708. The second kappa shape index (κ2) is 5.68. The lowest BCUT2D eigenvalue weighted by Gasteiger charge is -2.18. The molecule has 1 aromatic carbocycles. The van der Waals surface area contributed by atoms with Crippen LogP contribution in [0.1, 0.15) is 25.0 Å². The standard InChI is InChI=1S/C13H21N3O/c1-13(2,17)11-7-5-10(6-8-11)9-16-12(14-3)15-4/h5-8,17H,9H2,1-4H3,(H2,14,15,16). The van der Waals surface area contributed by atoms with E-state index in [1.165, 1.54) is 0 Å². The fraction of sp³-hybridized carbons (Fsp3) is 0.462. The summed E-state index contributed by atoms with van der Waals surface area (Å²) in [6.07, 6.45) is 0. The van der Waals surface area contributed by atoms with Crippen LogP contribution in [-0.2, 0) is 12.1 Å². The SMILES string of the molecule is CN=C(NC)NCc1ccc(C(C)(C)O)cc1. The highest BCUT2D eigenvalue weighted by atomic mass is 16.3. The number of nitrogens with zero attached hydrogens (tertiary/aromatic N) is 1. The Kier molecular flexibility index (Phi) is 4.52. The number of hydrogen-bond donors (Lipinski definition) is 3. The molecule has 0 aliphatic rings. The van der Waals surface area contributed by atoms with Gasteiger partial charge in [0.15, 0.2) is 5.96 Å². The maximum atomic E-state index is 9.83. The number of aliphatic imine (C=N–C) groups is 1. The Bertz CT molecular complexity index is 377. The smallest absolute Gasteiger partial charge is 0.190 e. The number of hydrogen-bond acceptors (Lipinski definition) is 2. The highest BCUT2D eigenvalue weighted by Gasteiger charge is 2.14. The third kappa shape index (κ3) is 4.07. The van der Waals surface area contributed by atoms with Gasteiger partial charge in [0, 0.05) is 20.6 Å². The van der Waals surface area contributed by atoms with Gasteiger partial charge in [0.1, 0.15) is 0 Å². The molecule has 3 N–H and O–H groups in total. The van der Waals surface area contributed by atoms with Crippen molar-refractivity contribution in [2.45, 2.75) is 26.0 Å². The lowest BCUT2D eigenvalue weighted by molar-refractivity contribution is 0.0786. The maximum Gasteiger partial charge on any atom is 0.190 e. The summed E-state index contributed by atoms with van der Waals surface area (Å²) in [5, 5.41) is 16.0. The Morgan fingerprint density at radius 2 is 1.88 bits per heavy atom. The Hall–Kier alpha value is -1.55. The van der Waals surface area contributed by atoms with Gasteiger partial charge < -0.3 is 15.7 Å². The second-order valence-corrected chi connectivity index (χ2v) is 4.43. The van der Waals surface area contributed by atoms with Crippen molar-refractivity contribution in [1.29, 1.82) is 0 Å². The predicted octanol–water partition coefficient (Wildman–Crippen LogP) is 1.21. The van der Waals surface area contributed by atoms with Crippen LogP contribution in [-0.4, -0.2) is 25.2 Å². The van der Waals surface area contributed by atoms with Crippen molar-refractivity contribution in [2.24, 2.45) is 4.99 Å². The fourth-order valence-corrected chi connectivity index (χ4v) is 1.50. The molecule has 0 saturated carbocycles. The van der Waals surface area contributed by atoms with Crippen LogP contribution in [0.25, 0.3) is 0 Å². The summed E-state index contributed by atoms with van der Waals surface area (Å²) in [5.74, 6) is 0.761. The molecule has 1 aromatic rings. The van der Waals surface area contributed by atoms with E-state index in [9.17, 15) is 5.11 Å². The summed E-state index contributed by atoms with van der Waals surface area (Å²) < 4.78 is 0. The van der Waals surface area contributed by atoms with Crippen LogP contribution in [0.15, 0.2) is 29.3 Å². The Morgan fingerprint density at radius 3 is 2.29 bits per heavy atom. The van der Waals surface area contributed by atoms with E-state index in [1.54, 1.807) is 20.9 Å². The molecule has 4 nitrogen and oxygen atoms in total. The number of guanidine groups is 1. The molecule has 1 rings (SSSR count). The van der Waals surface area contributed by atoms with Crippen molar-refractivity contribution in [2.75, 3.05) is 14.1 Å². The third-order valence-electron chi connectivity index (χ3n) is 2.58. The largest absolute Gasteiger partial charge is 0.386 e. The summed E-state index contributed by atoms with van der Waals surface area (Å²) in [6, 6.07) is 7.89. The molecule has 0 bridgehead atoms. The first-order valence-corrected chi connectivity index (χ1v) is 5.67. The third-order valence-corrected chi connectivity index (χ3v) is 2.58. The maximum absolute atomic E-state index is 9.83. The van der Waals surface area contributed by atoms with Gasteiger partial charge in [0.25, 0.3) is 0 Å². The van der Waals surface area contributed by atoms with Crippen molar-refractivity contribution in [3.63, 3.8) is 0 Å². The number of aliphatic hydroxyl groups is 1. The normalized spacial score (nSPS) is 12.4. The topological polar surface area (TPSA) is 56.7 Å². The molecule has 0 radical (unpaired) electrons. The first-order chi connectivity index (χ1) is 7.97. The molecule has 0 aliphatic carbocycles. The summed E-state index contributed by atoms with van der Waals surface area (Å²) in [4.78, 5) is 4.03. The summed E-state index contributed by atoms with van der Waals surface area (Å²) in [5.41, 5.74) is 1.28. The van der Waals surface area contributed by atoms with Gasteiger partial charge in [-0.1, -0.05) is 24.3 Å². The van der Waals surface area contributed by atoms with Crippen molar-refractivity contribution in [1.82, 2.24) is 10.6 Å². The van der Waals surface area contributed by atoms with E-state index < -0.39 is 5.60 Å². The van der Waals surface area contributed by atoms with E-state index in [-0.39, 0.29) is 0 Å². The van der Waals surface area contributed by atoms with E-state index in [2.05, 4.69) is 15.6 Å². The van der Waals surface area contributed by atoms with Gasteiger partial charge >= 0.3 is 0 Å². The number of nitrogens with one attached hydrogen (secondary N) is 2. The van der Waals surface area contributed by atoms with Crippen LogP contribution in [0.3, 0.4) is 0 Å². The molecule has 0 heterocycles. The average Bonchev–Trinajstić information content (AvgIpc) is 2.30. The molecule has 94 valence electrons. The molecular weight excluding hydrogens is 214 g/mol. The lowest BCUT2D eigenvalue weighted by Crippen LogP contribution is -2.34. The first kappa shape index (κ1) is 13.5. The summed E-state index contributed by atoms with van der Waals surface area (Å²) >= 11 is 0. The molecule has 17 heavy (non-hydrogen) atoms. The summed E-state index contributed by atoms with van der Waals surface area (Å²) in [6.45, 7) is 4.27. The second-order valence-electron chi connectivity index (χ2n) is 4.43. The predicted molar refractivity (Wildman–Crippen MR) is 70.9 cm³/mol. The van der Waals surface area contributed by atoms with Crippen molar-refractivity contribution in [3.8, 4) is 0 Å². The van der Waals surface area contributed by atoms with E-state index in [4.69, 9.17) is 0 Å². The quantitative estimate of drug-likeness (QED) is 0.545. The van der Waals surface area contributed by atoms with Crippen molar-refractivity contribution >= 4 is 5.96 Å². The van der Waals surface area contributed by atoms with Crippen LogP contribution in [0.4, 0.5) is 0 Å². The van der Waals surface area contributed by atoms with Gasteiger partial charge in [-0.2, -0.15) is 0 Å². The van der Waals surface area contributed by atoms with Gasteiger partial charge in [-0.25, -0.2) is 0 Å². The van der Waals surface area contributed by atoms with Crippen molar-refractivity contribution < 1.29 is 5.11 Å². The van der Waals surface area contributed by atoms with Gasteiger partial charge in [0.05, 0.1) is 5.60 Å². The van der Waals surface area contributed by atoms with E-state index >= 15 is 0 Å². The van der Waals surface area contributed by atoms with Crippen LogP contribution < -0.4 is 10.6 Å². The first-order valence-electron chi connectivity index (χ1n) is 5.67. The lowest BCUT2D eigenvalue weighted by atomic mass is 9.97. The minimum atomic E-state index is -0.785. The van der Waals surface area contributed by atoms with Crippen LogP contribution in [0.2, 0.25) is 0 Å². The summed E-state index contributed by atoms with van der Waals surface area (Å²) in [7, 11) is 3.56. The molecule has 0 unspecified atom stereocenters. The molecular formula is C13H21N3O. The number of benzene rings is 1. The van der Waals surface area contributed by atoms with Crippen molar-refractivity contribution in [3.05, 3.63) is 35.4 Å². The highest BCUT2D eigenvalue weighted by Crippen LogP contribution is 2.19.